The number of nitrogens with two attached hydrogens (primary N) is 1. The van der Waals surface area contributed by atoms with Gasteiger partial charge in [-0.1, -0.05) is 30.3 Å². The summed E-state index contributed by atoms with van der Waals surface area (Å²) in [6.45, 7) is 0. The number of aliphatic hydroxyl groups is 1. The molecular formula is C14H10N4O3. The van der Waals surface area contributed by atoms with Gasteiger partial charge in [0.25, 0.3) is 11.5 Å². The predicted molar refractivity (Wildman–Crippen MR) is 73.1 cm³/mol. The molecule has 0 bridgehead atoms. The van der Waals surface area contributed by atoms with Gasteiger partial charge in [0.05, 0.1) is 5.56 Å². The monoisotopic (exact) mass is 282 g/mol. The highest BCUT2D eigenvalue weighted by Crippen LogP contribution is 2.37. The van der Waals surface area contributed by atoms with Crippen molar-refractivity contribution in [3.8, 4) is 6.07 Å². The fourth-order valence-electron chi connectivity index (χ4n) is 2.51. The molecule has 104 valence electrons. The number of fused-ring (bicyclic) bond motifs is 1. The quantitative estimate of drug-likeness (QED) is 0.573. The number of nitrogens with one attached hydrogen (secondary N) is 2. The molecule has 2 aromatic rings. The molecule has 5 N–H and O–H groups in total. The second-order valence-electron chi connectivity index (χ2n) is 4.64. The number of H-pyrrole nitrogens is 1. The summed E-state index contributed by atoms with van der Waals surface area (Å²) in [4.78, 5) is 26.2. The van der Waals surface area contributed by atoms with Crippen LogP contribution in [0.1, 0.15) is 27.0 Å². The van der Waals surface area contributed by atoms with Gasteiger partial charge in [-0.15, -0.1) is 0 Å². The lowest BCUT2D eigenvalue weighted by atomic mass is 9.92. The zero-order valence-corrected chi connectivity index (χ0v) is 10.7. The summed E-state index contributed by atoms with van der Waals surface area (Å²) in [7, 11) is 0. The fourth-order valence-corrected chi connectivity index (χ4v) is 2.51. The molecule has 3 rings (SSSR count). The third-order valence-corrected chi connectivity index (χ3v) is 3.43. The van der Waals surface area contributed by atoms with Crippen LogP contribution >= 0.6 is 0 Å². The number of aromatic nitrogens is 1. The van der Waals surface area contributed by atoms with Gasteiger partial charge in [-0.25, -0.2) is 0 Å². The highest BCUT2D eigenvalue weighted by atomic mass is 16.3. The van der Waals surface area contributed by atoms with Crippen LogP contribution in [0.4, 0.5) is 5.82 Å². The van der Waals surface area contributed by atoms with Crippen LogP contribution in [-0.4, -0.2) is 16.0 Å². The number of amides is 1. The Labute approximate surface area is 118 Å². The first kappa shape index (κ1) is 12.9. The summed E-state index contributed by atoms with van der Waals surface area (Å²) in [5, 5.41) is 22.4. The van der Waals surface area contributed by atoms with Gasteiger partial charge in [-0.3, -0.25) is 9.59 Å². The minimum Gasteiger partial charge on any atom is -0.385 e. The largest absolute Gasteiger partial charge is 0.385 e. The topological polar surface area (TPSA) is 132 Å². The first-order chi connectivity index (χ1) is 9.99. The summed E-state index contributed by atoms with van der Waals surface area (Å²) in [6.07, 6.45) is 0. The van der Waals surface area contributed by atoms with Crippen molar-refractivity contribution in [3.05, 3.63) is 62.9 Å². The number of anilines is 1. The van der Waals surface area contributed by atoms with E-state index in [1.165, 1.54) is 0 Å². The maximum atomic E-state index is 12.1. The van der Waals surface area contributed by atoms with Gasteiger partial charge in [0.15, 0.2) is 5.72 Å². The second-order valence-corrected chi connectivity index (χ2v) is 4.64. The molecular weight excluding hydrogens is 272 g/mol. The number of nitriles is 1. The zero-order valence-electron chi connectivity index (χ0n) is 10.7. The molecule has 0 saturated carbocycles. The van der Waals surface area contributed by atoms with Crippen LogP contribution < -0.4 is 16.6 Å². The summed E-state index contributed by atoms with van der Waals surface area (Å²) >= 11 is 0. The number of hydrogen-bond acceptors (Lipinski definition) is 5. The van der Waals surface area contributed by atoms with Gasteiger partial charge in [0.2, 0.25) is 0 Å². The molecule has 1 aromatic carbocycles. The van der Waals surface area contributed by atoms with Crippen LogP contribution in [0.15, 0.2) is 35.1 Å². The maximum absolute atomic E-state index is 12.1. The first-order valence-electron chi connectivity index (χ1n) is 6.05. The van der Waals surface area contributed by atoms with Crippen LogP contribution in [0.2, 0.25) is 0 Å². The number of pyridine rings is 1. The van der Waals surface area contributed by atoms with Gasteiger partial charge >= 0.3 is 0 Å². The Kier molecular flexibility index (Phi) is 2.58. The van der Waals surface area contributed by atoms with Crippen LogP contribution in [0, 0.1) is 11.3 Å². The summed E-state index contributed by atoms with van der Waals surface area (Å²) in [5.41, 5.74) is 2.74. The molecule has 0 spiro atoms. The van der Waals surface area contributed by atoms with Crippen molar-refractivity contribution in [1.29, 1.82) is 5.26 Å². The summed E-state index contributed by atoms with van der Waals surface area (Å²) < 4.78 is 0. The van der Waals surface area contributed by atoms with Crippen molar-refractivity contribution in [2.75, 3.05) is 5.73 Å². The van der Waals surface area contributed by atoms with Crippen molar-refractivity contribution < 1.29 is 9.90 Å². The molecule has 1 amide bonds. The van der Waals surface area contributed by atoms with E-state index in [4.69, 9.17) is 5.73 Å². The highest BCUT2D eigenvalue weighted by Gasteiger charge is 2.47. The molecule has 0 fully saturated rings. The van der Waals surface area contributed by atoms with E-state index >= 15 is 0 Å². The van der Waals surface area contributed by atoms with Crippen molar-refractivity contribution in [2.24, 2.45) is 0 Å². The van der Waals surface area contributed by atoms with Crippen LogP contribution in [0.3, 0.4) is 0 Å². The van der Waals surface area contributed by atoms with Gasteiger partial charge in [0, 0.05) is 11.1 Å². The highest BCUT2D eigenvalue weighted by molar-refractivity contribution is 6.04. The number of rotatable bonds is 1. The predicted octanol–water partition coefficient (Wildman–Crippen LogP) is -0.234. The van der Waals surface area contributed by atoms with Gasteiger partial charge in [-0.05, 0) is 0 Å². The number of nitrogen functional groups attached to an aromatic ring is 1. The molecule has 0 aliphatic carbocycles. The first-order valence-corrected chi connectivity index (χ1v) is 6.05. The Balaban J connectivity index is 2.42. The van der Waals surface area contributed by atoms with E-state index in [1.807, 2.05) is 0 Å². The SMILES string of the molecule is N#Cc1c2c(c(N)[nH]c1=O)C(=O)NC2(O)c1ccccc1. The van der Waals surface area contributed by atoms with E-state index in [1.54, 1.807) is 36.4 Å². The smallest absolute Gasteiger partial charge is 0.267 e. The van der Waals surface area contributed by atoms with E-state index in [9.17, 15) is 20.0 Å². The van der Waals surface area contributed by atoms with Gasteiger partial charge in [0.1, 0.15) is 17.5 Å². The summed E-state index contributed by atoms with van der Waals surface area (Å²) in [5.74, 6) is -0.833. The van der Waals surface area contributed by atoms with Gasteiger partial charge in [-0.2, -0.15) is 5.26 Å². The molecule has 1 aliphatic rings. The summed E-state index contributed by atoms with van der Waals surface area (Å²) in [6, 6.07) is 9.94. The molecule has 7 heteroatoms. The Bertz CT molecular complexity index is 851. The van der Waals surface area contributed by atoms with E-state index in [0.29, 0.717) is 5.56 Å². The average Bonchev–Trinajstić information content (AvgIpc) is 2.74. The van der Waals surface area contributed by atoms with E-state index in [0.717, 1.165) is 0 Å². The second kappa shape index (κ2) is 4.19. The third kappa shape index (κ3) is 1.63. The van der Waals surface area contributed by atoms with Gasteiger partial charge < -0.3 is 21.1 Å². The van der Waals surface area contributed by atoms with E-state index in [-0.39, 0.29) is 22.5 Å². The number of hydrogen-bond donors (Lipinski definition) is 4. The molecule has 21 heavy (non-hydrogen) atoms. The molecule has 1 unspecified atom stereocenters. The number of benzene rings is 1. The number of nitrogens with zero attached hydrogens (tertiary/aromatic N) is 1. The van der Waals surface area contributed by atoms with Crippen molar-refractivity contribution in [3.63, 3.8) is 0 Å². The normalized spacial score (nSPS) is 19.7. The fraction of sp³-hybridized carbons (Fsp3) is 0.0714. The van der Waals surface area contributed by atoms with Crippen LogP contribution in [-0.2, 0) is 5.72 Å². The van der Waals surface area contributed by atoms with Crippen molar-refractivity contribution >= 4 is 11.7 Å². The van der Waals surface area contributed by atoms with Crippen molar-refractivity contribution in [1.82, 2.24) is 10.3 Å². The third-order valence-electron chi connectivity index (χ3n) is 3.43. The Morgan fingerprint density at radius 3 is 2.52 bits per heavy atom. The Morgan fingerprint density at radius 2 is 1.90 bits per heavy atom. The maximum Gasteiger partial charge on any atom is 0.267 e. The molecule has 1 atom stereocenters. The lowest BCUT2D eigenvalue weighted by molar-refractivity contribution is 0.0474. The van der Waals surface area contributed by atoms with E-state index < -0.39 is 17.2 Å². The van der Waals surface area contributed by atoms with Crippen LogP contribution in [0.5, 0.6) is 0 Å². The number of carbonyl (C=O) groups is 1. The Morgan fingerprint density at radius 1 is 1.24 bits per heavy atom. The molecule has 0 saturated heterocycles. The number of carbonyl (C=O) groups excluding carboxylic acids is 1. The lowest BCUT2D eigenvalue weighted by Gasteiger charge is -2.24. The molecule has 1 aromatic heterocycles. The number of aromatic amines is 1. The molecule has 2 heterocycles. The van der Waals surface area contributed by atoms with Crippen molar-refractivity contribution in [2.45, 2.75) is 5.72 Å². The molecule has 0 radical (unpaired) electrons. The minimum atomic E-state index is -1.96. The zero-order chi connectivity index (χ0) is 15.2. The lowest BCUT2D eigenvalue weighted by Crippen LogP contribution is -2.41. The van der Waals surface area contributed by atoms with Crippen LogP contribution in [0.25, 0.3) is 0 Å². The van der Waals surface area contributed by atoms with E-state index in [2.05, 4.69) is 10.3 Å². The molecule has 1 aliphatic heterocycles. The average molecular weight is 282 g/mol. The Hall–Kier alpha value is -3.11. The minimum absolute atomic E-state index is 0.0856. The standard InChI is InChI=1S/C14H10N4O3/c15-6-8-10-9(11(16)17-12(8)19)13(20)18-14(10,21)7-4-2-1-3-5-7/h1-5,21H,(H,18,20)(H3,16,17,19). The molecule has 7 nitrogen and oxygen atoms in total.